The van der Waals surface area contributed by atoms with Crippen molar-refractivity contribution in [2.75, 3.05) is 0 Å². The van der Waals surface area contributed by atoms with Crippen LogP contribution in [0.2, 0.25) is 0 Å². The zero-order chi connectivity index (χ0) is 8.85. The monoisotopic (exact) mass is 155 g/mol. The number of amides is 1. The van der Waals surface area contributed by atoms with Crippen molar-refractivity contribution in [2.45, 2.75) is 6.04 Å². The number of hydrogen-bond acceptors (Lipinski definition) is 2. The zero-order valence-corrected chi connectivity index (χ0v) is 5.91. The van der Waals surface area contributed by atoms with Gasteiger partial charge in [0.2, 0.25) is 5.91 Å². The van der Waals surface area contributed by atoms with Gasteiger partial charge in [0.05, 0.1) is 0 Å². The molecular weight excluding hydrogens is 146 g/mol. The third-order valence-corrected chi connectivity index (χ3v) is 0.985. The van der Waals surface area contributed by atoms with E-state index < -0.39 is 17.9 Å². The number of rotatable bonds is 4. The maximum atomic E-state index is 10.5. The van der Waals surface area contributed by atoms with E-state index in [1.165, 1.54) is 0 Å². The Morgan fingerprint density at radius 2 is 2.00 bits per heavy atom. The standard InChI is InChI=1S/C7H9NO3/c1-3-5(7(10)11)8-6(9)4-2/h3-5H,1-2H2,(H,8,9)(H,10,11). The summed E-state index contributed by atoms with van der Waals surface area (Å²) in [4.78, 5) is 20.8. The minimum Gasteiger partial charge on any atom is -0.479 e. The topological polar surface area (TPSA) is 66.4 Å². The van der Waals surface area contributed by atoms with Crippen molar-refractivity contribution in [3.05, 3.63) is 25.3 Å². The predicted octanol–water partition coefficient (Wildman–Crippen LogP) is -0.0722. The predicted molar refractivity (Wildman–Crippen MR) is 40.0 cm³/mol. The van der Waals surface area contributed by atoms with E-state index in [0.717, 1.165) is 12.2 Å². The highest BCUT2D eigenvalue weighted by Crippen LogP contribution is 1.84. The molecule has 1 unspecified atom stereocenters. The SMILES string of the molecule is C=CC(=O)NC(C=C)C(=O)O. The summed E-state index contributed by atoms with van der Waals surface area (Å²) >= 11 is 0. The fourth-order valence-electron chi connectivity index (χ4n) is 0.434. The third kappa shape index (κ3) is 3.20. The van der Waals surface area contributed by atoms with Crippen molar-refractivity contribution in [3.8, 4) is 0 Å². The summed E-state index contributed by atoms with van der Waals surface area (Å²) in [5.41, 5.74) is 0. The molecule has 0 aliphatic carbocycles. The molecule has 0 aromatic carbocycles. The minimum absolute atomic E-state index is 0.530. The molecular formula is C7H9NO3. The molecule has 0 saturated carbocycles. The fraction of sp³-hybridized carbons (Fsp3) is 0.143. The molecule has 4 nitrogen and oxygen atoms in total. The van der Waals surface area contributed by atoms with Crippen LogP contribution in [0.5, 0.6) is 0 Å². The molecule has 0 aliphatic rings. The van der Waals surface area contributed by atoms with Gasteiger partial charge in [0, 0.05) is 0 Å². The number of carbonyl (C=O) groups is 2. The lowest BCUT2D eigenvalue weighted by atomic mass is 10.3. The Hall–Kier alpha value is -1.58. The van der Waals surface area contributed by atoms with Crippen molar-refractivity contribution in [3.63, 3.8) is 0 Å². The van der Waals surface area contributed by atoms with Crippen LogP contribution in [0.1, 0.15) is 0 Å². The van der Waals surface area contributed by atoms with E-state index in [0.29, 0.717) is 0 Å². The van der Waals surface area contributed by atoms with Crippen LogP contribution in [0.4, 0.5) is 0 Å². The van der Waals surface area contributed by atoms with E-state index in [1.54, 1.807) is 0 Å². The number of hydrogen-bond donors (Lipinski definition) is 2. The smallest absolute Gasteiger partial charge is 0.330 e. The highest BCUT2D eigenvalue weighted by molar-refractivity contribution is 5.91. The first-order valence-corrected chi connectivity index (χ1v) is 2.90. The van der Waals surface area contributed by atoms with Crippen LogP contribution in [0.3, 0.4) is 0 Å². The highest BCUT2D eigenvalue weighted by Gasteiger charge is 2.13. The van der Waals surface area contributed by atoms with Crippen LogP contribution in [0, 0.1) is 0 Å². The first-order valence-electron chi connectivity index (χ1n) is 2.90. The third-order valence-electron chi connectivity index (χ3n) is 0.985. The Bertz CT molecular complexity index is 198. The van der Waals surface area contributed by atoms with E-state index in [4.69, 9.17) is 5.11 Å². The molecule has 2 N–H and O–H groups in total. The maximum Gasteiger partial charge on any atom is 0.330 e. The van der Waals surface area contributed by atoms with Gasteiger partial charge in [0.15, 0.2) is 0 Å². The Morgan fingerprint density at radius 3 is 2.27 bits per heavy atom. The summed E-state index contributed by atoms with van der Waals surface area (Å²) in [6.45, 7) is 6.41. The summed E-state index contributed by atoms with van der Waals surface area (Å²) in [5.74, 6) is -1.67. The summed E-state index contributed by atoms with van der Waals surface area (Å²) in [5, 5.41) is 10.5. The van der Waals surface area contributed by atoms with Gasteiger partial charge in [-0.05, 0) is 6.08 Å². The summed E-state index contributed by atoms with van der Waals surface area (Å²) in [7, 11) is 0. The van der Waals surface area contributed by atoms with Gasteiger partial charge in [-0.3, -0.25) is 4.79 Å². The average molecular weight is 155 g/mol. The highest BCUT2D eigenvalue weighted by atomic mass is 16.4. The minimum atomic E-state index is -1.14. The van der Waals surface area contributed by atoms with Crippen LogP contribution < -0.4 is 5.32 Å². The fourth-order valence-corrected chi connectivity index (χ4v) is 0.434. The zero-order valence-electron chi connectivity index (χ0n) is 5.91. The van der Waals surface area contributed by atoms with Crippen molar-refractivity contribution in [1.82, 2.24) is 5.32 Å². The molecule has 11 heavy (non-hydrogen) atoms. The molecule has 0 aromatic rings. The number of aliphatic carboxylic acids is 1. The van der Waals surface area contributed by atoms with E-state index >= 15 is 0 Å². The maximum absolute atomic E-state index is 10.5. The second-order valence-electron chi connectivity index (χ2n) is 1.76. The number of carboxylic acids is 1. The average Bonchev–Trinajstić information content (AvgIpc) is 1.99. The van der Waals surface area contributed by atoms with E-state index in [2.05, 4.69) is 18.5 Å². The second-order valence-corrected chi connectivity index (χ2v) is 1.76. The Morgan fingerprint density at radius 1 is 1.45 bits per heavy atom. The van der Waals surface area contributed by atoms with Crippen LogP contribution in [0.15, 0.2) is 25.3 Å². The molecule has 0 saturated heterocycles. The summed E-state index contributed by atoms with van der Waals surface area (Å²) in [6, 6.07) is -1.04. The normalized spacial score (nSPS) is 11.3. The lowest BCUT2D eigenvalue weighted by molar-refractivity contribution is -0.139. The van der Waals surface area contributed by atoms with Crippen molar-refractivity contribution < 1.29 is 14.7 Å². The molecule has 0 fully saturated rings. The van der Waals surface area contributed by atoms with Crippen molar-refractivity contribution >= 4 is 11.9 Å². The summed E-state index contributed by atoms with van der Waals surface area (Å²) < 4.78 is 0. The Labute approximate surface area is 64.2 Å². The largest absolute Gasteiger partial charge is 0.479 e. The molecule has 60 valence electrons. The van der Waals surface area contributed by atoms with Crippen LogP contribution >= 0.6 is 0 Å². The second kappa shape index (κ2) is 4.27. The molecule has 0 radical (unpaired) electrons. The van der Waals surface area contributed by atoms with Gasteiger partial charge in [0.1, 0.15) is 6.04 Å². The quantitative estimate of drug-likeness (QED) is 0.441. The molecule has 1 atom stereocenters. The number of carbonyl (C=O) groups excluding carboxylic acids is 1. The van der Waals surface area contributed by atoms with Gasteiger partial charge in [-0.1, -0.05) is 12.7 Å². The van der Waals surface area contributed by atoms with Crippen LogP contribution in [-0.4, -0.2) is 23.0 Å². The first-order chi connectivity index (χ1) is 5.11. The van der Waals surface area contributed by atoms with Gasteiger partial charge in [0.25, 0.3) is 0 Å². The Balaban J connectivity index is 4.08. The van der Waals surface area contributed by atoms with Crippen molar-refractivity contribution in [1.29, 1.82) is 0 Å². The number of carboxylic acid groups (broad SMARTS) is 1. The van der Waals surface area contributed by atoms with Gasteiger partial charge in [-0.15, -0.1) is 6.58 Å². The van der Waals surface area contributed by atoms with Crippen molar-refractivity contribution in [2.24, 2.45) is 0 Å². The molecule has 4 heteroatoms. The van der Waals surface area contributed by atoms with E-state index in [1.807, 2.05) is 0 Å². The Kier molecular flexibility index (Phi) is 3.66. The van der Waals surface area contributed by atoms with E-state index in [-0.39, 0.29) is 0 Å². The molecule has 0 spiro atoms. The summed E-state index contributed by atoms with van der Waals surface area (Å²) in [6.07, 6.45) is 2.13. The van der Waals surface area contributed by atoms with Gasteiger partial charge in [-0.25, -0.2) is 4.79 Å². The lowest BCUT2D eigenvalue weighted by Gasteiger charge is -2.06. The lowest BCUT2D eigenvalue weighted by Crippen LogP contribution is -2.38. The first kappa shape index (κ1) is 9.42. The van der Waals surface area contributed by atoms with Crippen LogP contribution in [-0.2, 0) is 9.59 Å². The molecule has 0 aromatic heterocycles. The molecule has 0 heterocycles. The molecule has 0 aliphatic heterocycles. The molecule has 1 amide bonds. The number of nitrogens with one attached hydrogen (secondary N) is 1. The molecule has 0 bridgehead atoms. The van der Waals surface area contributed by atoms with Gasteiger partial charge < -0.3 is 10.4 Å². The van der Waals surface area contributed by atoms with Gasteiger partial charge >= 0.3 is 5.97 Å². The van der Waals surface area contributed by atoms with E-state index in [9.17, 15) is 9.59 Å². The molecule has 0 rings (SSSR count). The van der Waals surface area contributed by atoms with Gasteiger partial charge in [-0.2, -0.15) is 0 Å². The van der Waals surface area contributed by atoms with Crippen LogP contribution in [0.25, 0.3) is 0 Å².